The van der Waals surface area contributed by atoms with Gasteiger partial charge in [-0.2, -0.15) is 0 Å². The Morgan fingerprint density at radius 3 is 2.58 bits per heavy atom. The Balaban J connectivity index is 1.38. The number of halogens is 3. The average molecular weight is 719 g/mol. The molecule has 1 saturated heterocycles. The van der Waals surface area contributed by atoms with Crippen molar-refractivity contribution in [3.8, 4) is 11.1 Å². The Hall–Kier alpha value is -3.39. The fourth-order valence-corrected chi connectivity index (χ4v) is 9.14. The largest absolute Gasteiger partial charge is 0.481 e. The second-order valence-corrected chi connectivity index (χ2v) is 14.7. The molecule has 2 aromatic heterocycles. The van der Waals surface area contributed by atoms with Crippen LogP contribution in [-0.4, -0.2) is 53.2 Å². The lowest BCUT2D eigenvalue weighted by Gasteiger charge is -2.31. The van der Waals surface area contributed by atoms with E-state index < -0.39 is 42.0 Å². The summed E-state index contributed by atoms with van der Waals surface area (Å²) in [5, 5.41) is 14.3. The molecule has 12 heteroatoms. The number of hydrogen-bond acceptors (Lipinski definition) is 5. The number of nitrogens with one attached hydrogen (secondary N) is 1. The van der Waals surface area contributed by atoms with E-state index in [9.17, 15) is 19.5 Å². The molecule has 8 nitrogen and oxygen atoms in total. The molecular formula is C31H29F2IN4O4S. The van der Waals surface area contributed by atoms with Gasteiger partial charge < -0.3 is 15.3 Å². The van der Waals surface area contributed by atoms with E-state index in [2.05, 4.69) is 32.9 Å². The molecule has 3 heterocycles. The van der Waals surface area contributed by atoms with Gasteiger partial charge in [0.25, 0.3) is 5.91 Å². The molecule has 4 aromatic rings. The van der Waals surface area contributed by atoms with Gasteiger partial charge in [-0.1, -0.05) is 54.6 Å². The van der Waals surface area contributed by atoms with Crippen LogP contribution in [0.1, 0.15) is 53.5 Å². The minimum atomic E-state index is -1.38. The van der Waals surface area contributed by atoms with Gasteiger partial charge in [-0.05, 0) is 53.6 Å². The smallest absolute Gasteiger partial charge is 0.305 e. The number of thiazole rings is 1. The summed E-state index contributed by atoms with van der Waals surface area (Å²) in [7, 11) is 0. The number of imidazole rings is 1. The molecule has 2 N–H and O–H groups in total. The van der Waals surface area contributed by atoms with E-state index in [-0.39, 0.29) is 26.2 Å². The van der Waals surface area contributed by atoms with Crippen LogP contribution in [0.5, 0.6) is 0 Å². The van der Waals surface area contributed by atoms with Crippen molar-refractivity contribution in [1.82, 2.24) is 19.6 Å². The maximum absolute atomic E-state index is 15.4. The van der Waals surface area contributed by atoms with Gasteiger partial charge in [-0.3, -0.25) is 18.8 Å². The molecule has 4 atom stereocenters. The molecule has 2 fully saturated rings. The molecule has 2 aliphatic rings. The third-order valence-electron chi connectivity index (χ3n) is 9.10. The number of aryl methyl sites for hydroxylation is 2. The Morgan fingerprint density at radius 1 is 1.21 bits per heavy atom. The first-order chi connectivity index (χ1) is 20.3. The highest BCUT2D eigenvalue weighted by atomic mass is 127. The molecule has 224 valence electrons. The number of alkyl halides is 1. The van der Waals surface area contributed by atoms with Gasteiger partial charge in [0.05, 0.1) is 22.1 Å². The lowest BCUT2D eigenvalue weighted by molar-refractivity contribution is -0.138. The van der Waals surface area contributed by atoms with Crippen molar-refractivity contribution >= 4 is 56.7 Å². The lowest BCUT2D eigenvalue weighted by Crippen LogP contribution is -2.51. The average Bonchev–Trinajstić information content (AvgIpc) is 3.46. The monoisotopic (exact) mass is 718 g/mol. The molecule has 2 amide bonds. The van der Waals surface area contributed by atoms with Gasteiger partial charge in [-0.25, -0.2) is 13.8 Å². The SMILES string of the molecule is Cc1cccc(C)c1-c1cc(F)c(F)c([C@H](CC(=O)O)NC(=O)[C@@H]2[C@H]3C(C)(C)C3(I)CN2C(=O)c2cnc3sccn23)c1. The molecule has 1 aliphatic carbocycles. The number of likely N-dealkylation sites (tertiary alicyclic amines) is 1. The number of aromatic nitrogens is 2. The molecule has 6 rings (SSSR count). The highest BCUT2D eigenvalue weighted by Gasteiger charge is 2.79. The second-order valence-electron chi connectivity index (χ2n) is 11.9. The molecule has 1 saturated carbocycles. The van der Waals surface area contributed by atoms with Crippen molar-refractivity contribution in [3.05, 3.63) is 82.1 Å². The zero-order chi connectivity index (χ0) is 31.0. The molecule has 0 radical (unpaired) electrons. The first-order valence-electron chi connectivity index (χ1n) is 13.7. The van der Waals surface area contributed by atoms with Crippen LogP contribution in [0.4, 0.5) is 8.78 Å². The number of hydrogen-bond donors (Lipinski definition) is 2. The summed E-state index contributed by atoms with van der Waals surface area (Å²) in [5.74, 6) is -4.90. The number of rotatable bonds is 7. The van der Waals surface area contributed by atoms with Gasteiger partial charge in [0.2, 0.25) is 5.91 Å². The Labute approximate surface area is 264 Å². The standard InChI is InChI=1S/C31H29F2IN4O4S/c1-15-6-5-7-16(2)23(15)17-10-18(24(33)19(32)11-17)20(12-22(39)40)36-27(41)25-26-30(3,4)31(26,34)14-38(25)28(42)21-13-35-29-37(21)8-9-43-29/h5-11,13,20,25-26H,12,14H2,1-4H3,(H,36,41)(H,39,40)/t20-,25-,26-,31?/m0/s1. The van der Waals surface area contributed by atoms with Gasteiger partial charge in [0.1, 0.15) is 11.7 Å². The van der Waals surface area contributed by atoms with Gasteiger partial charge in [-0.15, -0.1) is 11.3 Å². The minimum Gasteiger partial charge on any atom is -0.481 e. The molecular weight excluding hydrogens is 689 g/mol. The van der Waals surface area contributed by atoms with Crippen molar-refractivity contribution in [1.29, 1.82) is 0 Å². The maximum atomic E-state index is 15.4. The zero-order valence-electron chi connectivity index (χ0n) is 23.8. The summed E-state index contributed by atoms with van der Waals surface area (Å²) in [6, 6.07) is 5.71. The van der Waals surface area contributed by atoms with E-state index in [4.69, 9.17) is 0 Å². The maximum Gasteiger partial charge on any atom is 0.305 e. The second kappa shape index (κ2) is 10.4. The third kappa shape index (κ3) is 4.64. The third-order valence-corrected chi connectivity index (χ3v) is 12.3. The van der Waals surface area contributed by atoms with Crippen molar-refractivity contribution in [2.75, 3.05) is 6.54 Å². The number of nitrogens with zero attached hydrogens (tertiary/aromatic N) is 3. The predicted octanol–water partition coefficient (Wildman–Crippen LogP) is 5.94. The van der Waals surface area contributed by atoms with Gasteiger partial charge >= 0.3 is 5.97 Å². The lowest BCUT2D eigenvalue weighted by atomic mass is 9.92. The van der Waals surface area contributed by atoms with E-state index in [1.54, 1.807) is 10.6 Å². The normalized spacial score (nSPS) is 22.8. The summed E-state index contributed by atoms with van der Waals surface area (Å²) >= 11 is 3.69. The van der Waals surface area contributed by atoms with Crippen LogP contribution in [0.3, 0.4) is 0 Å². The summed E-state index contributed by atoms with van der Waals surface area (Å²) in [6.45, 7) is 8.06. The fourth-order valence-electron chi connectivity index (χ4n) is 6.79. The predicted molar refractivity (Wildman–Crippen MR) is 166 cm³/mol. The van der Waals surface area contributed by atoms with Crippen molar-refractivity contribution in [2.24, 2.45) is 11.3 Å². The van der Waals surface area contributed by atoms with Crippen molar-refractivity contribution in [3.63, 3.8) is 0 Å². The minimum absolute atomic E-state index is 0.233. The van der Waals surface area contributed by atoms with Crippen LogP contribution in [0, 0.1) is 36.8 Å². The number of carboxylic acids is 1. The van der Waals surface area contributed by atoms with Crippen LogP contribution in [-0.2, 0) is 9.59 Å². The van der Waals surface area contributed by atoms with Gasteiger partial charge in [0.15, 0.2) is 16.6 Å². The van der Waals surface area contributed by atoms with Crippen LogP contribution in [0.15, 0.2) is 48.1 Å². The fraction of sp³-hybridized carbons (Fsp3) is 0.355. The van der Waals surface area contributed by atoms with E-state index in [0.717, 1.165) is 17.2 Å². The van der Waals surface area contributed by atoms with Crippen LogP contribution >= 0.6 is 33.9 Å². The van der Waals surface area contributed by atoms with Crippen molar-refractivity contribution < 1.29 is 28.3 Å². The molecule has 43 heavy (non-hydrogen) atoms. The van der Waals surface area contributed by atoms with Crippen molar-refractivity contribution in [2.45, 2.75) is 49.6 Å². The molecule has 1 unspecified atom stereocenters. The quantitative estimate of drug-likeness (QED) is 0.182. The summed E-state index contributed by atoms with van der Waals surface area (Å²) in [5.41, 5.74) is 2.51. The zero-order valence-corrected chi connectivity index (χ0v) is 26.8. The van der Waals surface area contributed by atoms with Crippen LogP contribution in [0.2, 0.25) is 0 Å². The summed E-state index contributed by atoms with van der Waals surface area (Å²) < 4.78 is 31.8. The van der Waals surface area contributed by atoms with E-state index in [1.807, 2.05) is 51.3 Å². The summed E-state index contributed by atoms with van der Waals surface area (Å²) in [4.78, 5) is 46.3. The number of piperidine rings is 1. The number of amides is 2. The van der Waals surface area contributed by atoms with Crippen LogP contribution < -0.4 is 5.32 Å². The molecule has 1 aliphatic heterocycles. The Morgan fingerprint density at radius 2 is 1.91 bits per heavy atom. The van der Waals surface area contributed by atoms with E-state index in [0.29, 0.717) is 28.3 Å². The van der Waals surface area contributed by atoms with E-state index in [1.165, 1.54) is 28.5 Å². The number of benzene rings is 2. The number of carbonyl (C=O) groups is 3. The number of carbonyl (C=O) groups excluding carboxylic acids is 2. The van der Waals surface area contributed by atoms with Crippen LogP contribution in [0.25, 0.3) is 16.1 Å². The van der Waals surface area contributed by atoms with E-state index >= 15 is 8.78 Å². The highest BCUT2D eigenvalue weighted by Crippen LogP contribution is 2.73. The van der Waals surface area contributed by atoms with Gasteiger partial charge in [0, 0.05) is 29.6 Å². The summed E-state index contributed by atoms with van der Waals surface area (Å²) in [6.07, 6.45) is 2.53. The number of fused-ring (bicyclic) bond motifs is 2. The number of aliphatic carboxylic acids is 1. The highest BCUT2D eigenvalue weighted by molar-refractivity contribution is 14.1. The first kappa shape index (κ1) is 29.7. The first-order valence-corrected chi connectivity index (χ1v) is 15.7. The molecule has 0 spiro atoms. The topological polar surface area (TPSA) is 104 Å². The number of carboxylic acid groups (broad SMARTS) is 1. The molecule has 0 bridgehead atoms. The molecule has 2 aromatic carbocycles. The Kier molecular flexibility index (Phi) is 7.15. The Bertz CT molecular complexity index is 1800.